The molecule has 5 heteroatoms. The first-order valence-electron chi connectivity index (χ1n) is 9.62. The predicted octanol–water partition coefficient (Wildman–Crippen LogP) is 3.66. The van der Waals surface area contributed by atoms with Crippen LogP contribution in [-0.2, 0) is 0 Å². The van der Waals surface area contributed by atoms with E-state index in [2.05, 4.69) is 36.6 Å². The lowest BCUT2D eigenvalue weighted by Crippen LogP contribution is -2.39. The monoisotopic (exact) mass is 374 g/mol. The number of pyridine rings is 1. The Morgan fingerprint density at radius 2 is 1.71 bits per heavy atom. The van der Waals surface area contributed by atoms with E-state index in [0.717, 1.165) is 29.4 Å². The van der Waals surface area contributed by atoms with Crippen LogP contribution in [0.15, 0.2) is 54.7 Å². The number of aryl methyl sites for hydroxylation is 1. The highest BCUT2D eigenvalue weighted by molar-refractivity contribution is 6.21. The Morgan fingerprint density at radius 3 is 2.39 bits per heavy atom. The second kappa shape index (κ2) is 7.08. The van der Waals surface area contributed by atoms with Crippen molar-refractivity contribution in [3.05, 3.63) is 71.4 Å². The lowest BCUT2D eigenvalue weighted by Gasteiger charge is -2.15. The Labute approximate surface area is 164 Å². The van der Waals surface area contributed by atoms with Gasteiger partial charge in [0, 0.05) is 25.1 Å². The van der Waals surface area contributed by atoms with E-state index in [4.69, 9.17) is 5.73 Å². The summed E-state index contributed by atoms with van der Waals surface area (Å²) in [5.41, 5.74) is 10.2. The van der Waals surface area contributed by atoms with Crippen molar-refractivity contribution in [1.82, 2.24) is 4.90 Å². The van der Waals surface area contributed by atoms with Crippen molar-refractivity contribution in [3.63, 3.8) is 0 Å². The van der Waals surface area contributed by atoms with E-state index < -0.39 is 0 Å². The van der Waals surface area contributed by atoms with E-state index in [1.165, 1.54) is 10.5 Å². The van der Waals surface area contributed by atoms with Crippen molar-refractivity contribution >= 4 is 28.4 Å². The second-order valence-corrected chi connectivity index (χ2v) is 7.50. The quantitative estimate of drug-likeness (QED) is 0.547. The van der Waals surface area contributed by atoms with Gasteiger partial charge in [-0.25, -0.2) is 0 Å². The van der Waals surface area contributed by atoms with Gasteiger partial charge in [-0.3, -0.25) is 14.5 Å². The highest BCUT2D eigenvalue weighted by atomic mass is 16.2. The summed E-state index contributed by atoms with van der Waals surface area (Å²) in [5, 5.41) is 1.04. The molecule has 2 aromatic carbocycles. The summed E-state index contributed by atoms with van der Waals surface area (Å²) in [5.74, 6) is -0.371. The molecule has 0 radical (unpaired) electrons. The van der Waals surface area contributed by atoms with E-state index in [-0.39, 0.29) is 17.9 Å². The molecule has 0 fully saturated rings. The molecule has 1 atom stereocenters. The number of benzene rings is 2. The summed E-state index contributed by atoms with van der Waals surface area (Å²) in [4.78, 5) is 26.3. The van der Waals surface area contributed by atoms with Crippen molar-refractivity contribution < 1.29 is 14.2 Å². The fourth-order valence-electron chi connectivity index (χ4n) is 3.94. The number of nitrogens with two attached hydrogens (primary N) is 1. The van der Waals surface area contributed by atoms with Gasteiger partial charge in [-0.05, 0) is 44.0 Å². The van der Waals surface area contributed by atoms with Crippen LogP contribution in [0.3, 0.4) is 0 Å². The molecule has 1 aromatic heterocycles. The Bertz CT molecular complexity index is 1060. The molecule has 5 nitrogen and oxygen atoms in total. The molecule has 2 N–H and O–H groups in total. The highest BCUT2D eigenvalue weighted by Gasteiger charge is 2.34. The fraction of sp³-hybridized carbons (Fsp3) is 0.261. The number of aromatic nitrogens is 1. The number of hydrogen-bond donors (Lipinski definition) is 1. The summed E-state index contributed by atoms with van der Waals surface area (Å²) in [6.07, 6.45) is 3.62. The summed E-state index contributed by atoms with van der Waals surface area (Å²) < 4.78 is 2.22. The van der Waals surface area contributed by atoms with E-state index in [0.29, 0.717) is 17.7 Å². The number of anilines is 1. The molecule has 2 heterocycles. The Balaban J connectivity index is 1.48. The number of nitrogens with zero attached hydrogens (tertiary/aromatic N) is 2. The molecule has 142 valence electrons. The number of carbonyl (C=O) groups excluding carboxylic acids is 2. The molecule has 3 aromatic rings. The molecule has 1 aliphatic heterocycles. The van der Waals surface area contributed by atoms with Gasteiger partial charge in [0.2, 0.25) is 5.52 Å². The first kappa shape index (κ1) is 18.2. The SMILES string of the molecule is Cc1ccc2c(N)cc[n+](C(C)CCCN3C(=O)c4ccccc4C3=O)c2c1. The third-order valence-electron chi connectivity index (χ3n) is 5.51. The predicted molar refractivity (Wildman–Crippen MR) is 109 cm³/mol. The standard InChI is InChI=1S/C23H23N3O2/c1-15-9-10-19-20(24)11-13-25(21(19)14-15)16(2)6-5-12-26-22(27)17-7-3-4-8-18(17)23(26)28/h3-4,7-11,13-14,16,24H,5-6,12H2,1-2H3/p+1. The van der Waals surface area contributed by atoms with Gasteiger partial charge >= 0.3 is 0 Å². The van der Waals surface area contributed by atoms with Gasteiger partial charge in [-0.15, -0.1) is 0 Å². The molecule has 0 saturated carbocycles. The number of fused-ring (bicyclic) bond motifs is 2. The first-order chi connectivity index (χ1) is 13.5. The van der Waals surface area contributed by atoms with Crippen molar-refractivity contribution in [2.75, 3.05) is 12.3 Å². The summed E-state index contributed by atoms with van der Waals surface area (Å²) in [6.45, 7) is 4.66. The topological polar surface area (TPSA) is 67.3 Å². The zero-order valence-electron chi connectivity index (χ0n) is 16.2. The van der Waals surface area contributed by atoms with Crippen molar-refractivity contribution in [2.45, 2.75) is 32.7 Å². The molecule has 1 unspecified atom stereocenters. The minimum Gasteiger partial charge on any atom is -0.398 e. The van der Waals surface area contributed by atoms with Crippen LogP contribution in [0.25, 0.3) is 10.9 Å². The molecule has 2 amide bonds. The summed E-state index contributed by atoms with van der Waals surface area (Å²) in [7, 11) is 0. The molecule has 1 aliphatic rings. The number of carbonyl (C=O) groups is 2. The third kappa shape index (κ3) is 3.03. The number of rotatable bonds is 5. The van der Waals surface area contributed by atoms with Crippen molar-refractivity contribution in [1.29, 1.82) is 0 Å². The zero-order chi connectivity index (χ0) is 19.8. The highest BCUT2D eigenvalue weighted by Crippen LogP contribution is 2.24. The number of amides is 2. The third-order valence-corrected chi connectivity index (χ3v) is 5.51. The molecule has 0 spiro atoms. The van der Waals surface area contributed by atoms with E-state index in [9.17, 15) is 9.59 Å². The van der Waals surface area contributed by atoms with Gasteiger partial charge in [-0.1, -0.05) is 18.2 Å². The second-order valence-electron chi connectivity index (χ2n) is 7.50. The molecule has 4 rings (SSSR count). The van der Waals surface area contributed by atoms with Gasteiger partial charge in [-0.2, -0.15) is 4.57 Å². The Morgan fingerprint density at radius 1 is 1.04 bits per heavy atom. The number of imide groups is 1. The lowest BCUT2D eigenvalue weighted by molar-refractivity contribution is -0.695. The van der Waals surface area contributed by atoms with Crippen LogP contribution < -0.4 is 10.3 Å². The van der Waals surface area contributed by atoms with Crippen LogP contribution in [-0.4, -0.2) is 23.3 Å². The first-order valence-corrected chi connectivity index (χ1v) is 9.62. The summed E-state index contributed by atoms with van der Waals surface area (Å²) >= 11 is 0. The zero-order valence-corrected chi connectivity index (χ0v) is 16.2. The Kier molecular flexibility index (Phi) is 4.59. The van der Waals surface area contributed by atoms with E-state index >= 15 is 0 Å². The maximum Gasteiger partial charge on any atom is 0.261 e. The largest absolute Gasteiger partial charge is 0.398 e. The number of nitrogen functional groups attached to an aromatic ring is 1. The van der Waals surface area contributed by atoms with Gasteiger partial charge in [0.15, 0.2) is 12.2 Å². The molecular weight excluding hydrogens is 350 g/mol. The fourth-order valence-corrected chi connectivity index (χ4v) is 3.94. The Hall–Kier alpha value is -3.21. The molecular formula is C23H24N3O2+. The maximum atomic E-state index is 12.5. The maximum absolute atomic E-state index is 12.5. The van der Waals surface area contributed by atoms with Gasteiger partial charge < -0.3 is 5.73 Å². The normalized spacial score (nSPS) is 14.6. The lowest BCUT2D eigenvalue weighted by atomic mass is 10.1. The minimum atomic E-state index is -0.186. The van der Waals surface area contributed by atoms with Crippen LogP contribution in [0.1, 0.15) is 52.1 Å². The molecule has 28 heavy (non-hydrogen) atoms. The van der Waals surface area contributed by atoms with Crippen molar-refractivity contribution in [3.8, 4) is 0 Å². The van der Waals surface area contributed by atoms with E-state index in [1.807, 2.05) is 12.3 Å². The average molecular weight is 374 g/mol. The minimum absolute atomic E-state index is 0.186. The van der Waals surface area contributed by atoms with Gasteiger partial charge in [0.1, 0.15) is 0 Å². The molecule has 0 bridgehead atoms. The van der Waals surface area contributed by atoms with Crippen molar-refractivity contribution in [2.24, 2.45) is 0 Å². The molecule has 0 saturated heterocycles. The van der Waals surface area contributed by atoms with Gasteiger partial charge in [0.25, 0.3) is 11.8 Å². The van der Waals surface area contributed by atoms with E-state index in [1.54, 1.807) is 24.3 Å². The van der Waals surface area contributed by atoms with Crippen LogP contribution >= 0.6 is 0 Å². The van der Waals surface area contributed by atoms with Crippen LogP contribution in [0.5, 0.6) is 0 Å². The van der Waals surface area contributed by atoms with Crippen LogP contribution in [0.2, 0.25) is 0 Å². The summed E-state index contributed by atoms with van der Waals surface area (Å²) in [6, 6.07) is 15.4. The van der Waals surface area contributed by atoms with Crippen LogP contribution in [0.4, 0.5) is 5.69 Å². The van der Waals surface area contributed by atoms with Crippen LogP contribution in [0, 0.1) is 6.92 Å². The van der Waals surface area contributed by atoms with Gasteiger partial charge in [0.05, 0.1) is 22.2 Å². The molecule has 0 aliphatic carbocycles. The number of hydrogen-bond acceptors (Lipinski definition) is 3. The average Bonchev–Trinajstić information content (AvgIpc) is 2.93. The smallest absolute Gasteiger partial charge is 0.261 e.